The predicted octanol–water partition coefficient (Wildman–Crippen LogP) is 2.96. The molecule has 1 N–H and O–H groups in total. The number of hydrogen-bond donors (Lipinski definition) is 1. The fourth-order valence-corrected chi connectivity index (χ4v) is 4.93. The molecule has 5 rings (SSSR count). The summed E-state index contributed by atoms with van der Waals surface area (Å²) >= 11 is 0. The van der Waals surface area contributed by atoms with Gasteiger partial charge in [-0.3, -0.25) is 4.79 Å². The van der Waals surface area contributed by atoms with E-state index in [1.807, 2.05) is 41.4 Å². The number of likely N-dealkylation sites (tertiary alicyclic amines) is 1. The summed E-state index contributed by atoms with van der Waals surface area (Å²) in [6.07, 6.45) is 6.52. The van der Waals surface area contributed by atoms with Gasteiger partial charge < -0.3 is 15.0 Å². The van der Waals surface area contributed by atoms with Gasteiger partial charge in [0.1, 0.15) is 5.60 Å². The fourth-order valence-electron chi connectivity index (χ4n) is 4.93. The summed E-state index contributed by atoms with van der Waals surface area (Å²) in [6.45, 7) is 4.01. The summed E-state index contributed by atoms with van der Waals surface area (Å²) in [5.74, 6) is 1.18. The number of halogens is 1. The lowest BCUT2D eigenvalue weighted by atomic mass is 9.82. The van der Waals surface area contributed by atoms with Crippen molar-refractivity contribution in [2.75, 3.05) is 32.8 Å². The normalized spacial score (nSPS) is 22.8. The van der Waals surface area contributed by atoms with E-state index in [0.29, 0.717) is 12.5 Å². The molecule has 30 heavy (non-hydrogen) atoms. The first kappa shape index (κ1) is 21.2. The third-order valence-corrected chi connectivity index (χ3v) is 6.61. The SMILES string of the molecule is Cl.O=C([C@H]1CCCNC1)N1CCC2(CC1)OCCc1cnc(-c3ccccc3)nc12. The highest BCUT2D eigenvalue weighted by Crippen LogP contribution is 2.41. The summed E-state index contributed by atoms with van der Waals surface area (Å²) in [4.78, 5) is 24.5. The van der Waals surface area contributed by atoms with Crippen LogP contribution in [-0.2, 0) is 21.6 Å². The number of benzene rings is 1. The van der Waals surface area contributed by atoms with E-state index in [1.165, 1.54) is 5.56 Å². The van der Waals surface area contributed by atoms with Crippen LogP contribution in [0.2, 0.25) is 0 Å². The Hall–Kier alpha value is -2.02. The van der Waals surface area contributed by atoms with Crippen molar-refractivity contribution in [1.82, 2.24) is 20.2 Å². The van der Waals surface area contributed by atoms with Crippen molar-refractivity contribution < 1.29 is 9.53 Å². The Labute approximate surface area is 183 Å². The van der Waals surface area contributed by atoms with E-state index in [0.717, 1.165) is 75.4 Å². The molecule has 7 heteroatoms. The summed E-state index contributed by atoms with van der Waals surface area (Å²) < 4.78 is 6.36. The Morgan fingerprint density at radius 2 is 2.00 bits per heavy atom. The minimum absolute atomic E-state index is 0. The van der Waals surface area contributed by atoms with Crippen molar-refractivity contribution in [3.05, 3.63) is 47.8 Å². The van der Waals surface area contributed by atoms with Crippen LogP contribution in [0, 0.1) is 5.92 Å². The number of aromatic nitrogens is 2. The number of piperidine rings is 2. The highest BCUT2D eigenvalue weighted by molar-refractivity contribution is 5.85. The van der Waals surface area contributed by atoms with Gasteiger partial charge in [0.25, 0.3) is 0 Å². The van der Waals surface area contributed by atoms with Gasteiger partial charge >= 0.3 is 0 Å². The Bertz CT molecular complexity index is 878. The van der Waals surface area contributed by atoms with Gasteiger partial charge in [0.2, 0.25) is 5.91 Å². The topological polar surface area (TPSA) is 67.4 Å². The van der Waals surface area contributed by atoms with Gasteiger partial charge in [0, 0.05) is 31.4 Å². The van der Waals surface area contributed by atoms with E-state index in [4.69, 9.17) is 9.72 Å². The first-order valence-corrected chi connectivity index (χ1v) is 10.8. The molecule has 2 saturated heterocycles. The summed E-state index contributed by atoms with van der Waals surface area (Å²) in [5, 5.41) is 3.36. The van der Waals surface area contributed by atoms with Crippen LogP contribution in [0.15, 0.2) is 36.5 Å². The maximum Gasteiger partial charge on any atom is 0.226 e. The molecule has 3 aliphatic heterocycles. The number of carbonyl (C=O) groups excluding carboxylic acids is 1. The third-order valence-electron chi connectivity index (χ3n) is 6.61. The lowest BCUT2D eigenvalue weighted by Crippen LogP contribution is -2.51. The number of hydrogen-bond acceptors (Lipinski definition) is 5. The van der Waals surface area contributed by atoms with E-state index in [-0.39, 0.29) is 23.9 Å². The van der Waals surface area contributed by atoms with E-state index in [2.05, 4.69) is 10.3 Å². The van der Waals surface area contributed by atoms with Gasteiger partial charge in [0.05, 0.1) is 18.2 Å². The highest BCUT2D eigenvalue weighted by atomic mass is 35.5. The minimum Gasteiger partial charge on any atom is -0.368 e. The molecule has 3 aliphatic rings. The van der Waals surface area contributed by atoms with Crippen molar-refractivity contribution in [2.45, 2.75) is 37.7 Å². The Morgan fingerprint density at radius 1 is 1.20 bits per heavy atom. The lowest BCUT2D eigenvalue weighted by Gasteiger charge is -2.44. The minimum atomic E-state index is -0.387. The van der Waals surface area contributed by atoms with Crippen LogP contribution in [-0.4, -0.2) is 53.6 Å². The molecule has 160 valence electrons. The van der Waals surface area contributed by atoms with Crippen LogP contribution in [0.3, 0.4) is 0 Å². The molecular weight excluding hydrogens is 400 g/mol. The number of rotatable bonds is 2. The molecule has 1 amide bonds. The summed E-state index contributed by atoms with van der Waals surface area (Å²) in [5.41, 5.74) is 2.85. The zero-order chi connectivity index (χ0) is 19.7. The molecule has 0 aliphatic carbocycles. The van der Waals surface area contributed by atoms with Gasteiger partial charge in [0.15, 0.2) is 5.82 Å². The molecule has 1 atom stereocenters. The average molecular weight is 429 g/mol. The number of ether oxygens (including phenoxy) is 1. The second-order valence-electron chi connectivity index (χ2n) is 8.39. The molecular formula is C23H29ClN4O2. The van der Waals surface area contributed by atoms with Gasteiger partial charge in [-0.25, -0.2) is 9.97 Å². The van der Waals surface area contributed by atoms with Crippen LogP contribution in [0.1, 0.15) is 36.9 Å². The molecule has 0 radical (unpaired) electrons. The first-order valence-electron chi connectivity index (χ1n) is 10.8. The van der Waals surface area contributed by atoms with Crippen LogP contribution < -0.4 is 5.32 Å². The zero-order valence-corrected chi connectivity index (χ0v) is 18.0. The van der Waals surface area contributed by atoms with E-state index in [9.17, 15) is 4.79 Å². The molecule has 0 bridgehead atoms. The van der Waals surface area contributed by atoms with Crippen molar-refractivity contribution in [1.29, 1.82) is 0 Å². The maximum atomic E-state index is 12.9. The Kier molecular flexibility index (Phi) is 6.37. The standard InChI is InChI=1S/C23H28N4O2.ClH/c28-22(19-7-4-11-24-15-19)27-12-9-23(10-13-27)20-18(8-14-29-23)16-25-21(26-20)17-5-2-1-3-6-17;/h1-3,5-6,16,19,24H,4,7-15H2;1H/t19-;/m0./s1. The van der Waals surface area contributed by atoms with E-state index < -0.39 is 0 Å². The quantitative estimate of drug-likeness (QED) is 0.796. The average Bonchev–Trinajstić information content (AvgIpc) is 2.80. The number of fused-ring (bicyclic) bond motifs is 2. The van der Waals surface area contributed by atoms with Crippen molar-refractivity contribution in [3.8, 4) is 11.4 Å². The number of nitrogens with zero attached hydrogens (tertiary/aromatic N) is 3. The van der Waals surface area contributed by atoms with Gasteiger partial charge in [-0.15, -0.1) is 12.4 Å². The second-order valence-corrected chi connectivity index (χ2v) is 8.39. The smallest absolute Gasteiger partial charge is 0.226 e. The van der Waals surface area contributed by atoms with Crippen LogP contribution in [0.25, 0.3) is 11.4 Å². The van der Waals surface area contributed by atoms with Crippen molar-refractivity contribution in [2.24, 2.45) is 5.92 Å². The monoisotopic (exact) mass is 428 g/mol. The second kappa shape index (κ2) is 9.00. The highest BCUT2D eigenvalue weighted by Gasteiger charge is 2.44. The first-order chi connectivity index (χ1) is 14.3. The van der Waals surface area contributed by atoms with Gasteiger partial charge in [-0.1, -0.05) is 30.3 Å². The number of amides is 1. The molecule has 1 aromatic carbocycles. The molecule has 4 heterocycles. The molecule has 0 saturated carbocycles. The fraction of sp³-hybridized carbons (Fsp3) is 0.522. The molecule has 2 aromatic rings. The Morgan fingerprint density at radius 3 is 2.73 bits per heavy atom. The summed E-state index contributed by atoms with van der Waals surface area (Å²) in [7, 11) is 0. The number of nitrogens with one attached hydrogen (secondary N) is 1. The summed E-state index contributed by atoms with van der Waals surface area (Å²) in [6, 6.07) is 10.1. The van der Waals surface area contributed by atoms with Gasteiger partial charge in [-0.05, 0) is 44.2 Å². The Balaban J connectivity index is 0.00000218. The van der Waals surface area contributed by atoms with Crippen molar-refractivity contribution >= 4 is 18.3 Å². The molecule has 0 unspecified atom stereocenters. The molecule has 2 fully saturated rings. The largest absolute Gasteiger partial charge is 0.368 e. The van der Waals surface area contributed by atoms with E-state index >= 15 is 0 Å². The molecule has 6 nitrogen and oxygen atoms in total. The maximum absolute atomic E-state index is 12.9. The third kappa shape index (κ3) is 3.96. The van der Waals surface area contributed by atoms with E-state index in [1.54, 1.807) is 0 Å². The predicted molar refractivity (Wildman–Crippen MR) is 117 cm³/mol. The van der Waals surface area contributed by atoms with Crippen LogP contribution in [0.5, 0.6) is 0 Å². The van der Waals surface area contributed by atoms with Crippen LogP contribution >= 0.6 is 12.4 Å². The van der Waals surface area contributed by atoms with Crippen molar-refractivity contribution in [3.63, 3.8) is 0 Å². The number of carbonyl (C=O) groups is 1. The van der Waals surface area contributed by atoms with Crippen LogP contribution in [0.4, 0.5) is 0 Å². The lowest BCUT2D eigenvalue weighted by molar-refractivity contribution is -0.145. The zero-order valence-electron chi connectivity index (χ0n) is 17.2. The molecule has 1 spiro atoms. The molecule has 1 aromatic heterocycles. The van der Waals surface area contributed by atoms with Gasteiger partial charge in [-0.2, -0.15) is 0 Å².